The van der Waals surface area contributed by atoms with E-state index in [-0.39, 0.29) is 18.4 Å². The summed E-state index contributed by atoms with van der Waals surface area (Å²) >= 11 is 12.3. The molecule has 0 N–H and O–H groups in total. The molecule has 6 rings (SSSR count). The second-order valence-electron chi connectivity index (χ2n) is 8.74. The lowest BCUT2D eigenvalue weighted by atomic mass is 9.94. The molecule has 3 atom stereocenters. The lowest BCUT2D eigenvalue weighted by molar-refractivity contribution is -0.143. The molecule has 2 aliphatic rings. The molecule has 3 unspecified atom stereocenters. The summed E-state index contributed by atoms with van der Waals surface area (Å²) in [6.45, 7) is 0.194. The predicted molar refractivity (Wildman–Crippen MR) is 136 cm³/mol. The van der Waals surface area contributed by atoms with Gasteiger partial charge in [-0.2, -0.15) is 0 Å². The van der Waals surface area contributed by atoms with Crippen LogP contribution < -0.4 is 5.06 Å². The fraction of sp³-hybridized carbons (Fsp3) is 0.143. The lowest BCUT2D eigenvalue weighted by Gasteiger charge is -2.27. The van der Waals surface area contributed by atoms with Crippen molar-refractivity contribution in [3.63, 3.8) is 0 Å². The number of anilines is 1. The van der Waals surface area contributed by atoms with E-state index < -0.39 is 18.1 Å². The van der Waals surface area contributed by atoms with E-state index in [0.717, 1.165) is 16.8 Å². The Hall–Kier alpha value is -3.58. The van der Waals surface area contributed by atoms with E-state index >= 15 is 0 Å². The van der Waals surface area contributed by atoms with Crippen molar-refractivity contribution in [1.29, 1.82) is 0 Å². The molecule has 0 spiro atoms. The highest BCUT2D eigenvalue weighted by Gasteiger charge is 2.60. The highest BCUT2D eigenvalue weighted by molar-refractivity contribution is 6.42. The molecule has 1 aromatic heterocycles. The Labute approximate surface area is 217 Å². The van der Waals surface area contributed by atoms with E-state index in [4.69, 9.17) is 32.5 Å². The van der Waals surface area contributed by atoms with Crippen molar-refractivity contribution in [2.24, 2.45) is 5.92 Å². The summed E-state index contributed by atoms with van der Waals surface area (Å²) in [4.78, 5) is 34.4. The van der Waals surface area contributed by atoms with Gasteiger partial charge in [0.1, 0.15) is 23.5 Å². The number of furan rings is 1. The normalized spacial score (nSPS) is 21.3. The van der Waals surface area contributed by atoms with Crippen molar-refractivity contribution in [3.8, 4) is 11.3 Å². The van der Waals surface area contributed by atoms with Crippen molar-refractivity contribution < 1.29 is 18.8 Å². The average Bonchev–Trinajstić information content (AvgIpc) is 3.59. The third-order valence-electron chi connectivity index (χ3n) is 6.52. The van der Waals surface area contributed by atoms with Crippen LogP contribution in [0.15, 0.2) is 95.4 Å². The van der Waals surface area contributed by atoms with Crippen LogP contribution in [0, 0.1) is 5.92 Å². The fourth-order valence-corrected chi connectivity index (χ4v) is 5.10. The molecule has 36 heavy (non-hydrogen) atoms. The number of amides is 2. The van der Waals surface area contributed by atoms with Crippen LogP contribution in [0.4, 0.5) is 5.69 Å². The van der Waals surface area contributed by atoms with E-state index in [1.807, 2.05) is 78.9 Å². The smallest absolute Gasteiger partial charge is 0.262 e. The molecular formula is C28H20Cl2N2O4. The van der Waals surface area contributed by atoms with Gasteiger partial charge in [0.25, 0.3) is 5.91 Å². The molecule has 0 radical (unpaired) electrons. The number of likely N-dealkylation sites (tertiary alicyclic amines) is 1. The molecule has 2 amide bonds. The molecule has 6 nitrogen and oxygen atoms in total. The Morgan fingerprint density at radius 2 is 1.50 bits per heavy atom. The van der Waals surface area contributed by atoms with E-state index in [1.54, 1.807) is 17.2 Å². The van der Waals surface area contributed by atoms with Crippen LogP contribution in [0.1, 0.15) is 17.4 Å². The minimum absolute atomic E-state index is 0.194. The zero-order valence-electron chi connectivity index (χ0n) is 18.9. The first-order valence-electron chi connectivity index (χ1n) is 11.5. The number of carbonyl (C=O) groups excluding carboxylic acids is 2. The molecule has 2 fully saturated rings. The highest BCUT2D eigenvalue weighted by Crippen LogP contribution is 2.48. The van der Waals surface area contributed by atoms with Crippen molar-refractivity contribution in [2.75, 3.05) is 5.06 Å². The minimum atomic E-state index is -0.940. The van der Waals surface area contributed by atoms with Gasteiger partial charge in [-0.25, -0.2) is 5.06 Å². The van der Waals surface area contributed by atoms with E-state index in [0.29, 0.717) is 21.6 Å². The first-order valence-corrected chi connectivity index (χ1v) is 12.2. The summed E-state index contributed by atoms with van der Waals surface area (Å²) in [5.74, 6) is -0.319. The molecule has 180 valence electrons. The first kappa shape index (κ1) is 22.9. The first-order chi connectivity index (χ1) is 17.5. The van der Waals surface area contributed by atoms with Crippen molar-refractivity contribution in [1.82, 2.24) is 4.90 Å². The van der Waals surface area contributed by atoms with Gasteiger partial charge in [-0.15, -0.1) is 0 Å². The van der Waals surface area contributed by atoms with Gasteiger partial charge in [-0.3, -0.25) is 19.3 Å². The lowest BCUT2D eigenvalue weighted by Crippen LogP contribution is -2.36. The maximum Gasteiger partial charge on any atom is 0.262 e. The summed E-state index contributed by atoms with van der Waals surface area (Å²) < 4.78 is 6.24. The standard InChI is InChI=1S/C28H20Cl2N2O4/c29-20-12-11-18(15-21(20)30)22-13-14-23(35-22)25-24-26(36-32(25)19-9-5-2-6-10-19)28(34)31(27(24)33)16-17-7-3-1-4-8-17/h1-15,24-26H,16H2. The Morgan fingerprint density at radius 1 is 0.778 bits per heavy atom. The second kappa shape index (κ2) is 9.13. The van der Waals surface area contributed by atoms with Gasteiger partial charge in [0.15, 0.2) is 6.10 Å². The summed E-state index contributed by atoms with van der Waals surface area (Å²) in [5, 5.41) is 2.47. The molecule has 2 saturated heterocycles. The molecular weight excluding hydrogens is 499 g/mol. The van der Waals surface area contributed by atoms with E-state index in [1.165, 1.54) is 4.90 Å². The summed E-state index contributed by atoms with van der Waals surface area (Å²) in [6.07, 6.45) is -0.940. The van der Waals surface area contributed by atoms with E-state index in [9.17, 15) is 9.59 Å². The number of para-hydroxylation sites is 1. The number of halogens is 2. The molecule has 3 heterocycles. The zero-order chi connectivity index (χ0) is 24.8. The Balaban J connectivity index is 1.38. The number of hydrogen-bond acceptors (Lipinski definition) is 5. The van der Waals surface area contributed by atoms with Gasteiger partial charge >= 0.3 is 0 Å². The number of hydroxylamine groups is 1. The zero-order valence-corrected chi connectivity index (χ0v) is 20.4. The van der Waals surface area contributed by atoms with Gasteiger partial charge in [-0.05, 0) is 48.0 Å². The number of imide groups is 1. The number of carbonyl (C=O) groups is 2. The van der Waals surface area contributed by atoms with Crippen LogP contribution in [0.5, 0.6) is 0 Å². The Morgan fingerprint density at radius 3 is 2.22 bits per heavy atom. The monoisotopic (exact) mass is 518 g/mol. The molecule has 3 aromatic carbocycles. The number of nitrogens with zero attached hydrogens (tertiary/aromatic N) is 2. The molecule has 8 heteroatoms. The topological polar surface area (TPSA) is 63.0 Å². The quantitative estimate of drug-likeness (QED) is 0.290. The van der Waals surface area contributed by atoms with Crippen LogP contribution in [-0.4, -0.2) is 22.8 Å². The Kier molecular flexibility index (Phi) is 5.80. The van der Waals surface area contributed by atoms with Gasteiger partial charge in [0, 0.05) is 5.56 Å². The number of rotatable bonds is 5. The number of fused-ring (bicyclic) bond motifs is 1. The molecule has 0 saturated carbocycles. The van der Waals surface area contributed by atoms with Crippen LogP contribution in [-0.2, 0) is 21.0 Å². The molecule has 4 aromatic rings. The van der Waals surface area contributed by atoms with Crippen LogP contribution in [0.2, 0.25) is 10.0 Å². The van der Waals surface area contributed by atoms with Crippen LogP contribution >= 0.6 is 23.2 Å². The van der Waals surface area contributed by atoms with Gasteiger partial charge < -0.3 is 4.42 Å². The van der Waals surface area contributed by atoms with Crippen molar-refractivity contribution in [2.45, 2.75) is 18.7 Å². The van der Waals surface area contributed by atoms with Crippen LogP contribution in [0.3, 0.4) is 0 Å². The summed E-state index contributed by atoms with van der Waals surface area (Å²) in [7, 11) is 0. The van der Waals surface area contributed by atoms with Crippen LogP contribution in [0.25, 0.3) is 11.3 Å². The second-order valence-corrected chi connectivity index (χ2v) is 9.55. The molecule has 0 bridgehead atoms. The van der Waals surface area contributed by atoms with E-state index in [2.05, 4.69) is 0 Å². The van der Waals surface area contributed by atoms with Gasteiger partial charge in [-0.1, -0.05) is 71.7 Å². The Bertz CT molecular complexity index is 1440. The van der Waals surface area contributed by atoms with Crippen molar-refractivity contribution in [3.05, 3.63) is 112 Å². The summed E-state index contributed by atoms with van der Waals surface area (Å²) in [5.41, 5.74) is 2.34. The fourth-order valence-electron chi connectivity index (χ4n) is 4.80. The molecule has 0 aliphatic carbocycles. The maximum absolute atomic E-state index is 13.6. The third-order valence-corrected chi connectivity index (χ3v) is 7.26. The number of hydrogen-bond donors (Lipinski definition) is 0. The van der Waals surface area contributed by atoms with Gasteiger partial charge in [0.05, 0.1) is 22.3 Å². The molecule has 2 aliphatic heterocycles. The predicted octanol–water partition coefficient (Wildman–Crippen LogP) is 6.30. The highest BCUT2D eigenvalue weighted by atomic mass is 35.5. The minimum Gasteiger partial charge on any atom is -0.459 e. The third kappa shape index (κ3) is 3.88. The maximum atomic E-state index is 13.6. The average molecular weight is 519 g/mol. The van der Waals surface area contributed by atoms with Crippen molar-refractivity contribution >= 4 is 40.7 Å². The SMILES string of the molecule is O=C1C2ON(c3ccccc3)C(c3ccc(-c4ccc(Cl)c(Cl)c4)o3)C2C(=O)N1Cc1ccccc1. The summed E-state index contributed by atoms with van der Waals surface area (Å²) in [6, 6.07) is 27.0. The van der Waals surface area contributed by atoms with Gasteiger partial charge in [0.2, 0.25) is 5.91 Å². The largest absolute Gasteiger partial charge is 0.459 e. The number of benzene rings is 3.